The van der Waals surface area contributed by atoms with Gasteiger partial charge in [-0.3, -0.25) is 28.7 Å². The number of nitrogens with zero attached hydrogens (tertiary/aromatic N) is 8. The van der Waals surface area contributed by atoms with E-state index in [1.807, 2.05) is 6.92 Å². The number of rotatable bonds is 14. The van der Waals surface area contributed by atoms with E-state index in [0.717, 1.165) is 6.42 Å². The van der Waals surface area contributed by atoms with E-state index in [1.165, 1.54) is 40.2 Å². The number of nitrogens with one attached hydrogen (secondary N) is 2. The second-order valence-electron chi connectivity index (χ2n) is 17.4. The van der Waals surface area contributed by atoms with Crippen molar-refractivity contribution in [1.29, 1.82) is 0 Å². The summed E-state index contributed by atoms with van der Waals surface area (Å²) in [7, 11) is 3.21. The summed E-state index contributed by atoms with van der Waals surface area (Å²) in [5, 5.41) is 0. The molecule has 4 saturated heterocycles. The van der Waals surface area contributed by atoms with E-state index in [0.29, 0.717) is 13.1 Å². The zero-order valence-corrected chi connectivity index (χ0v) is 38.9. The van der Waals surface area contributed by atoms with E-state index in [9.17, 15) is 28.8 Å². The molecular formula is C41H59N13O14. The number of nitrogens with two attached hydrogens (primary N) is 3. The molecule has 0 spiro atoms. The number of hydrogen-bond donors (Lipinski definition) is 5. The summed E-state index contributed by atoms with van der Waals surface area (Å²) in [6.45, 7) is 17.2. The molecule has 2 amide bonds. The normalized spacial score (nSPS) is 25.4. The van der Waals surface area contributed by atoms with Gasteiger partial charge in [0.25, 0.3) is 11.1 Å². The van der Waals surface area contributed by atoms with E-state index in [1.54, 1.807) is 41.8 Å². The first-order valence-corrected chi connectivity index (χ1v) is 21.9. The van der Waals surface area contributed by atoms with Gasteiger partial charge in [-0.15, -0.1) is 13.2 Å². The van der Waals surface area contributed by atoms with Gasteiger partial charge in [0.15, 0.2) is 46.4 Å². The highest BCUT2D eigenvalue weighted by atomic mass is 16.8. The maximum absolute atomic E-state index is 13.4. The average Bonchev–Trinajstić information content (AvgIpc) is 4.06. The Kier molecular flexibility index (Phi) is 14.1. The van der Waals surface area contributed by atoms with Gasteiger partial charge in [0, 0.05) is 46.8 Å². The highest BCUT2D eigenvalue weighted by Gasteiger charge is 2.58. The van der Waals surface area contributed by atoms with Gasteiger partial charge in [-0.25, -0.2) is 28.3 Å². The lowest BCUT2D eigenvalue weighted by molar-refractivity contribution is -0.200. The predicted molar refractivity (Wildman–Crippen MR) is 241 cm³/mol. The van der Waals surface area contributed by atoms with Crippen molar-refractivity contribution in [2.24, 2.45) is 5.73 Å². The molecule has 8 rings (SSSR count). The SMILES string of the molecule is C=CCn1c(=O)n([C@H]2O[C@@H](COC(=O)N(C)CCC)[C@@H]3OC(C)(C)O[C@@H]32)c2nc(N)[nH]c(=O)c21.C=CCn1c(=O)n([C@H]2O[C@@H](COC(=O)N(C)CCN)[C@@H]3OC(C)(C)O[C@@H]32)c2nc(N)[nH]c(=O)c21. The number of fused-ring (bicyclic) bond motifs is 4. The molecule has 27 nitrogen and oxygen atoms in total. The number of hydrogen-bond acceptors (Lipinski definition) is 19. The number of aromatic amines is 2. The third-order valence-corrected chi connectivity index (χ3v) is 11.4. The van der Waals surface area contributed by atoms with Crippen LogP contribution in [0.25, 0.3) is 22.3 Å². The van der Waals surface area contributed by atoms with Gasteiger partial charge in [0.05, 0.1) is 0 Å². The lowest BCUT2D eigenvalue weighted by Crippen LogP contribution is -2.37. The minimum atomic E-state index is -1.02. The molecule has 4 fully saturated rings. The number of aromatic nitrogens is 8. The number of imidazole rings is 2. The van der Waals surface area contributed by atoms with Gasteiger partial charge < -0.3 is 64.9 Å². The quantitative estimate of drug-likeness (QED) is 0.101. The van der Waals surface area contributed by atoms with Crippen LogP contribution >= 0.6 is 0 Å². The minimum Gasteiger partial charge on any atom is -0.447 e. The number of carbonyl (C=O) groups excluding carboxylic acids is 2. The fourth-order valence-electron chi connectivity index (χ4n) is 8.70. The number of likely N-dealkylation sites (N-methyl/N-ethyl adjacent to an activating group) is 1. The second kappa shape index (κ2) is 19.3. The third-order valence-electron chi connectivity index (χ3n) is 11.4. The van der Waals surface area contributed by atoms with Crippen LogP contribution in [0.1, 0.15) is 53.5 Å². The summed E-state index contributed by atoms with van der Waals surface area (Å²) in [6, 6.07) is 0. The lowest BCUT2D eigenvalue weighted by Gasteiger charge is -2.25. The van der Waals surface area contributed by atoms with Crippen LogP contribution in [-0.2, 0) is 51.0 Å². The summed E-state index contributed by atoms with van der Waals surface area (Å²) in [6.07, 6.45) is -3.57. The number of ether oxygens (including phenoxy) is 8. The zero-order chi connectivity index (χ0) is 49.6. The van der Waals surface area contributed by atoms with Crippen LogP contribution in [0, 0.1) is 0 Å². The summed E-state index contributed by atoms with van der Waals surface area (Å²) in [5.74, 6) is -2.26. The number of nitrogen functional groups attached to an aromatic ring is 2. The zero-order valence-electron chi connectivity index (χ0n) is 38.9. The van der Waals surface area contributed by atoms with Crippen LogP contribution < -0.4 is 39.7 Å². The molecule has 0 saturated carbocycles. The Morgan fingerprint density at radius 2 is 1.09 bits per heavy atom. The van der Waals surface area contributed by atoms with Crippen LogP contribution in [0.2, 0.25) is 0 Å². The molecule has 4 aliphatic rings. The maximum Gasteiger partial charge on any atom is 0.409 e. The van der Waals surface area contributed by atoms with E-state index in [-0.39, 0.29) is 67.1 Å². The fourth-order valence-corrected chi connectivity index (χ4v) is 8.70. The van der Waals surface area contributed by atoms with Gasteiger partial charge >= 0.3 is 23.6 Å². The molecule has 0 bridgehead atoms. The second-order valence-corrected chi connectivity index (χ2v) is 17.4. The standard InChI is InChI=1S/C21H30N6O7.C20H29N7O7/c1-6-8-25(5)20(30)31-10-11-13-14(34-21(3,4)33-13)17(32-11)27-15-12(16(28)24-18(22)23-15)26(9-7-2)19(27)29;1-5-7-26-11-14(23-17(22)24-15(11)28)27(18(26)29)16-13-12(33-20(2,3)34-13)10(32-16)9-31-19(30)25(4)8-6-21/h7,11,13-14,17H,2,6,8-10H2,1,3-5H3,(H3,22,23,24,28);5,10,12-13,16H,1,6-9,21H2,2-4H3,(H3,22,23,24,28)/t11-,13-,14-,17-;10-,12-,13-,16-/m00/s1. The van der Waals surface area contributed by atoms with Crippen molar-refractivity contribution in [3.8, 4) is 0 Å². The van der Waals surface area contributed by atoms with E-state index in [2.05, 4.69) is 33.1 Å². The first kappa shape index (κ1) is 49.5. The van der Waals surface area contributed by atoms with Gasteiger partial charge in [-0.2, -0.15) is 9.97 Å². The minimum absolute atomic E-state index is 0.0238. The van der Waals surface area contributed by atoms with Crippen LogP contribution in [0.15, 0.2) is 44.5 Å². The molecular weight excluding hydrogens is 899 g/mol. The third kappa shape index (κ3) is 9.41. The smallest absolute Gasteiger partial charge is 0.409 e. The number of carbonyl (C=O) groups is 2. The predicted octanol–water partition coefficient (Wildman–Crippen LogP) is -0.350. The Labute approximate surface area is 387 Å². The monoisotopic (exact) mass is 957 g/mol. The first-order chi connectivity index (χ1) is 32.1. The van der Waals surface area contributed by atoms with Crippen LogP contribution in [0.4, 0.5) is 21.5 Å². The topological polar surface area (TPSA) is 338 Å². The summed E-state index contributed by atoms with van der Waals surface area (Å²) < 4.78 is 52.1. The molecule has 0 aliphatic carbocycles. The molecule has 0 aromatic carbocycles. The van der Waals surface area contributed by atoms with E-state index >= 15 is 0 Å². The van der Waals surface area contributed by atoms with Crippen LogP contribution in [0.3, 0.4) is 0 Å². The molecule has 27 heteroatoms. The Balaban J connectivity index is 0.000000201. The molecule has 68 heavy (non-hydrogen) atoms. The fraction of sp³-hybridized carbons (Fsp3) is 0.610. The molecule has 4 aromatic rings. The first-order valence-electron chi connectivity index (χ1n) is 21.9. The number of allylic oxidation sites excluding steroid dienone is 2. The Bertz CT molecular complexity index is 2620. The van der Waals surface area contributed by atoms with Crippen molar-refractivity contribution in [2.45, 2.75) is 115 Å². The number of anilines is 2. The number of amides is 2. The summed E-state index contributed by atoms with van der Waals surface area (Å²) >= 11 is 0. The molecule has 4 aliphatic heterocycles. The molecule has 372 valence electrons. The van der Waals surface area contributed by atoms with Gasteiger partial charge in [-0.1, -0.05) is 19.1 Å². The Morgan fingerprint density at radius 3 is 1.46 bits per heavy atom. The molecule has 0 unspecified atom stereocenters. The van der Waals surface area contributed by atoms with Crippen LogP contribution in [0.5, 0.6) is 0 Å². The number of H-pyrrole nitrogens is 2. The molecule has 4 aromatic heterocycles. The lowest BCUT2D eigenvalue weighted by atomic mass is 10.1. The van der Waals surface area contributed by atoms with Crippen molar-refractivity contribution in [1.82, 2.24) is 48.0 Å². The van der Waals surface area contributed by atoms with Crippen molar-refractivity contribution in [3.05, 3.63) is 67.0 Å². The average molecular weight is 958 g/mol. The Morgan fingerprint density at radius 1 is 0.706 bits per heavy atom. The van der Waals surface area contributed by atoms with Crippen molar-refractivity contribution in [2.75, 3.05) is 58.4 Å². The van der Waals surface area contributed by atoms with Crippen molar-refractivity contribution in [3.63, 3.8) is 0 Å². The highest BCUT2D eigenvalue weighted by molar-refractivity contribution is 5.73. The molecule has 8 atom stereocenters. The van der Waals surface area contributed by atoms with Gasteiger partial charge in [-0.05, 0) is 34.1 Å². The summed E-state index contributed by atoms with van der Waals surface area (Å²) in [5.41, 5.74) is 14.9. The van der Waals surface area contributed by atoms with E-state index in [4.69, 9.17) is 55.1 Å². The maximum atomic E-state index is 13.4. The Hall–Kier alpha value is -6.36. The van der Waals surface area contributed by atoms with Crippen molar-refractivity contribution < 1.29 is 47.5 Å². The van der Waals surface area contributed by atoms with Gasteiger partial charge in [0.2, 0.25) is 11.9 Å². The molecule has 0 radical (unpaired) electrons. The molecule has 8 heterocycles. The largest absolute Gasteiger partial charge is 0.447 e. The highest BCUT2D eigenvalue weighted by Crippen LogP contribution is 2.45. The van der Waals surface area contributed by atoms with Crippen molar-refractivity contribution >= 4 is 46.4 Å². The van der Waals surface area contributed by atoms with E-state index < -0.39 is 95.3 Å². The summed E-state index contributed by atoms with van der Waals surface area (Å²) in [4.78, 5) is 92.5. The van der Waals surface area contributed by atoms with Crippen LogP contribution in [-0.4, -0.2) is 155 Å². The van der Waals surface area contributed by atoms with Gasteiger partial charge in [0.1, 0.15) is 49.8 Å². The molecule has 8 N–H and O–H groups in total.